The molecule has 1 N–H and O–H groups in total. The van der Waals surface area contributed by atoms with E-state index in [0.29, 0.717) is 29.1 Å². The molecule has 0 aliphatic carbocycles. The standard InChI is InChI=1S/C26H24ClF2N7O2/c1-5-20-14(2)24(38)36-25(32-22(33-36)16-10-15-8-9-34(4)23(15)30-12-16)35(20)13-21(37)31-19-7-6-17(11-18(19)27)26(3,28)29/h6-12H,5,13H2,1-4H3,(H,31,37). The number of benzene rings is 1. The second-order valence-corrected chi connectivity index (χ2v) is 9.57. The van der Waals surface area contributed by atoms with Crippen molar-refractivity contribution in [1.29, 1.82) is 0 Å². The quantitative estimate of drug-likeness (QED) is 0.337. The highest BCUT2D eigenvalue weighted by Crippen LogP contribution is 2.32. The van der Waals surface area contributed by atoms with Crippen LogP contribution >= 0.6 is 11.6 Å². The van der Waals surface area contributed by atoms with Crippen molar-refractivity contribution in [2.45, 2.75) is 39.7 Å². The summed E-state index contributed by atoms with van der Waals surface area (Å²) >= 11 is 6.17. The number of nitrogens with zero attached hydrogens (tertiary/aromatic N) is 6. The number of halogens is 3. The van der Waals surface area contributed by atoms with Crippen LogP contribution in [0, 0.1) is 6.92 Å². The van der Waals surface area contributed by atoms with Crippen LogP contribution in [-0.4, -0.2) is 34.6 Å². The van der Waals surface area contributed by atoms with Crippen molar-refractivity contribution in [3.05, 3.63) is 74.9 Å². The van der Waals surface area contributed by atoms with Crippen LogP contribution in [0.5, 0.6) is 0 Å². The number of amides is 1. The Morgan fingerprint density at radius 3 is 2.66 bits per heavy atom. The number of hydrogen-bond donors (Lipinski definition) is 1. The summed E-state index contributed by atoms with van der Waals surface area (Å²) in [7, 11) is 1.89. The number of alkyl halides is 2. The molecular weight excluding hydrogens is 516 g/mol. The first kappa shape index (κ1) is 25.5. The molecule has 0 saturated carbocycles. The summed E-state index contributed by atoms with van der Waals surface area (Å²) in [6, 6.07) is 7.48. The van der Waals surface area contributed by atoms with Crippen molar-refractivity contribution >= 4 is 40.0 Å². The Labute approximate surface area is 220 Å². The molecule has 5 rings (SSSR count). The van der Waals surface area contributed by atoms with Crippen LogP contribution in [0.2, 0.25) is 5.02 Å². The third-order valence-corrected chi connectivity index (χ3v) is 6.77. The highest BCUT2D eigenvalue weighted by molar-refractivity contribution is 6.33. The van der Waals surface area contributed by atoms with Crippen LogP contribution in [0.3, 0.4) is 0 Å². The molecule has 0 atom stereocenters. The minimum atomic E-state index is -3.06. The second-order valence-electron chi connectivity index (χ2n) is 9.16. The average molecular weight is 540 g/mol. The predicted octanol–water partition coefficient (Wildman–Crippen LogP) is 4.72. The Morgan fingerprint density at radius 1 is 1.21 bits per heavy atom. The molecule has 5 aromatic rings. The average Bonchev–Trinajstić information content (AvgIpc) is 3.47. The molecule has 0 bridgehead atoms. The molecule has 1 amide bonds. The van der Waals surface area contributed by atoms with Crippen LogP contribution in [0.25, 0.3) is 28.2 Å². The number of fused-ring (bicyclic) bond motifs is 2. The maximum atomic E-state index is 13.6. The van der Waals surface area contributed by atoms with Crippen molar-refractivity contribution in [2.75, 3.05) is 5.32 Å². The number of aromatic nitrogens is 6. The van der Waals surface area contributed by atoms with Gasteiger partial charge in [-0.25, -0.2) is 13.8 Å². The van der Waals surface area contributed by atoms with Crippen molar-refractivity contribution in [1.82, 2.24) is 28.7 Å². The largest absolute Gasteiger partial charge is 0.336 e. The van der Waals surface area contributed by atoms with Gasteiger partial charge >= 0.3 is 0 Å². The summed E-state index contributed by atoms with van der Waals surface area (Å²) in [4.78, 5) is 35.2. The number of anilines is 1. The number of carbonyl (C=O) groups excluding carboxylic acids is 1. The molecule has 0 saturated heterocycles. The first-order valence-electron chi connectivity index (χ1n) is 11.9. The lowest BCUT2D eigenvalue weighted by molar-refractivity contribution is -0.116. The molecule has 9 nitrogen and oxygen atoms in total. The molecule has 196 valence electrons. The molecule has 0 unspecified atom stereocenters. The maximum Gasteiger partial charge on any atom is 0.278 e. The van der Waals surface area contributed by atoms with E-state index < -0.39 is 11.8 Å². The SMILES string of the molecule is CCc1c(C)c(=O)n2nc(-c3cnc4c(ccn4C)c3)nc2n1CC(=O)Nc1ccc(C(C)(F)F)cc1Cl. The zero-order chi connectivity index (χ0) is 27.4. The normalized spacial score (nSPS) is 12.0. The molecule has 4 aromatic heterocycles. The summed E-state index contributed by atoms with van der Waals surface area (Å²) in [6.07, 6.45) is 3.99. The molecule has 0 spiro atoms. The molecule has 0 fully saturated rings. The first-order chi connectivity index (χ1) is 18.0. The summed E-state index contributed by atoms with van der Waals surface area (Å²) in [5, 5.41) is 7.98. The molecule has 0 aliphatic rings. The van der Waals surface area contributed by atoms with Gasteiger partial charge in [0.05, 0.1) is 10.7 Å². The van der Waals surface area contributed by atoms with Crippen LogP contribution in [0.4, 0.5) is 14.5 Å². The monoisotopic (exact) mass is 539 g/mol. The lowest BCUT2D eigenvalue weighted by atomic mass is 10.1. The van der Waals surface area contributed by atoms with E-state index in [9.17, 15) is 18.4 Å². The highest BCUT2D eigenvalue weighted by Gasteiger charge is 2.25. The Morgan fingerprint density at radius 2 is 1.97 bits per heavy atom. The van der Waals surface area contributed by atoms with Gasteiger partial charge in [0.2, 0.25) is 11.7 Å². The van der Waals surface area contributed by atoms with Gasteiger partial charge in [0, 0.05) is 54.1 Å². The van der Waals surface area contributed by atoms with E-state index in [-0.39, 0.29) is 34.2 Å². The lowest BCUT2D eigenvalue weighted by Gasteiger charge is -2.16. The Hall–Kier alpha value is -4.12. The second kappa shape index (κ2) is 9.32. The number of aryl methyl sites for hydroxylation is 1. The van der Waals surface area contributed by atoms with Gasteiger partial charge in [0.25, 0.3) is 11.5 Å². The van der Waals surface area contributed by atoms with E-state index >= 15 is 0 Å². The summed E-state index contributed by atoms with van der Waals surface area (Å²) in [5.41, 5.74) is 2.09. The van der Waals surface area contributed by atoms with Gasteiger partial charge in [0.15, 0.2) is 5.82 Å². The fourth-order valence-electron chi connectivity index (χ4n) is 4.46. The number of rotatable bonds is 6. The fourth-order valence-corrected chi connectivity index (χ4v) is 4.69. The zero-order valence-corrected chi connectivity index (χ0v) is 21.8. The van der Waals surface area contributed by atoms with Crippen molar-refractivity contribution < 1.29 is 13.6 Å². The Kier molecular flexibility index (Phi) is 6.26. The van der Waals surface area contributed by atoms with Gasteiger partial charge in [-0.05, 0) is 37.6 Å². The number of carbonyl (C=O) groups is 1. The number of nitrogens with one attached hydrogen (secondary N) is 1. The van der Waals surface area contributed by atoms with E-state index in [1.165, 1.54) is 16.6 Å². The van der Waals surface area contributed by atoms with E-state index in [1.54, 1.807) is 17.7 Å². The van der Waals surface area contributed by atoms with Crippen molar-refractivity contribution in [3.63, 3.8) is 0 Å². The smallest absolute Gasteiger partial charge is 0.278 e. The molecule has 0 aliphatic heterocycles. The molecular formula is C26H24ClF2N7O2. The van der Waals surface area contributed by atoms with Gasteiger partial charge in [-0.2, -0.15) is 9.50 Å². The highest BCUT2D eigenvalue weighted by atomic mass is 35.5. The topological polar surface area (TPSA) is 99.1 Å². The predicted molar refractivity (Wildman–Crippen MR) is 141 cm³/mol. The lowest BCUT2D eigenvalue weighted by Crippen LogP contribution is -2.29. The van der Waals surface area contributed by atoms with E-state index in [0.717, 1.165) is 24.0 Å². The zero-order valence-electron chi connectivity index (χ0n) is 21.1. The van der Waals surface area contributed by atoms with Gasteiger partial charge in [-0.15, -0.1) is 5.10 Å². The van der Waals surface area contributed by atoms with Crippen LogP contribution in [-0.2, 0) is 30.7 Å². The molecule has 38 heavy (non-hydrogen) atoms. The first-order valence-corrected chi connectivity index (χ1v) is 12.2. The Bertz CT molecular complexity index is 1780. The number of hydrogen-bond acceptors (Lipinski definition) is 5. The Balaban J connectivity index is 1.54. The third kappa shape index (κ3) is 4.43. The fraction of sp³-hybridized carbons (Fsp3) is 0.269. The summed E-state index contributed by atoms with van der Waals surface area (Å²) < 4.78 is 31.9. The third-order valence-electron chi connectivity index (χ3n) is 6.46. The molecule has 12 heteroatoms. The van der Waals surface area contributed by atoms with Crippen LogP contribution in [0.15, 0.2) is 47.5 Å². The van der Waals surface area contributed by atoms with Crippen molar-refractivity contribution in [3.8, 4) is 11.4 Å². The summed E-state index contributed by atoms with van der Waals surface area (Å²) in [6.45, 7) is 4.12. The van der Waals surface area contributed by atoms with Gasteiger partial charge in [0.1, 0.15) is 12.2 Å². The van der Waals surface area contributed by atoms with Crippen LogP contribution in [0.1, 0.15) is 30.7 Å². The number of pyridine rings is 1. The molecule has 0 radical (unpaired) electrons. The summed E-state index contributed by atoms with van der Waals surface area (Å²) in [5.74, 6) is -3.05. The maximum absolute atomic E-state index is 13.6. The molecule has 4 heterocycles. The van der Waals surface area contributed by atoms with Crippen molar-refractivity contribution in [2.24, 2.45) is 7.05 Å². The van der Waals surface area contributed by atoms with E-state index in [1.807, 2.05) is 36.9 Å². The minimum Gasteiger partial charge on any atom is -0.336 e. The van der Waals surface area contributed by atoms with Crippen LogP contribution < -0.4 is 10.9 Å². The molecule has 1 aromatic carbocycles. The van der Waals surface area contributed by atoms with E-state index in [2.05, 4.69) is 20.4 Å². The van der Waals surface area contributed by atoms with Gasteiger partial charge < -0.3 is 14.5 Å². The minimum absolute atomic E-state index is 0.0112. The van der Waals surface area contributed by atoms with Gasteiger partial charge in [-0.1, -0.05) is 24.6 Å². The van der Waals surface area contributed by atoms with Gasteiger partial charge in [-0.3, -0.25) is 9.59 Å². The van der Waals surface area contributed by atoms with E-state index in [4.69, 9.17) is 11.6 Å².